The summed E-state index contributed by atoms with van der Waals surface area (Å²) in [5.74, 6) is -0.774. The third-order valence-corrected chi connectivity index (χ3v) is 4.03. The molecule has 0 radical (unpaired) electrons. The molecule has 0 saturated carbocycles. The second kappa shape index (κ2) is 8.86. The van der Waals surface area contributed by atoms with E-state index in [1.54, 1.807) is 26.8 Å². The maximum absolute atomic E-state index is 14.2. The van der Waals surface area contributed by atoms with Crippen LogP contribution in [0.3, 0.4) is 0 Å². The first-order valence-corrected chi connectivity index (χ1v) is 8.51. The van der Waals surface area contributed by atoms with E-state index in [0.717, 1.165) is 18.9 Å². The van der Waals surface area contributed by atoms with Crippen LogP contribution < -0.4 is 5.32 Å². The normalized spacial score (nSPS) is 12.4. The highest BCUT2D eigenvalue weighted by atomic mass is 35.5. The lowest BCUT2D eigenvalue weighted by Gasteiger charge is -2.36. The van der Waals surface area contributed by atoms with Gasteiger partial charge < -0.3 is 15.3 Å². The van der Waals surface area contributed by atoms with Crippen molar-refractivity contribution in [1.82, 2.24) is 9.88 Å². The van der Waals surface area contributed by atoms with E-state index in [1.165, 1.54) is 4.90 Å². The molecule has 138 valence electrons. The average molecular weight is 371 g/mol. The van der Waals surface area contributed by atoms with Crippen LogP contribution in [0, 0.1) is 17.1 Å². The molecule has 8 heteroatoms. The average Bonchev–Trinajstić information content (AvgIpc) is 2.51. The molecule has 6 nitrogen and oxygen atoms in total. The van der Waals surface area contributed by atoms with Gasteiger partial charge in [-0.15, -0.1) is 0 Å². The molecule has 25 heavy (non-hydrogen) atoms. The van der Waals surface area contributed by atoms with Crippen molar-refractivity contribution < 1.29 is 14.3 Å². The minimum Gasteiger partial charge on any atom is -0.465 e. The largest absolute Gasteiger partial charge is 0.465 e. The van der Waals surface area contributed by atoms with E-state index in [4.69, 9.17) is 16.9 Å². The first-order valence-electron chi connectivity index (χ1n) is 8.13. The van der Waals surface area contributed by atoms with Gasteiger partial charge in [0.25, 0.3) is 0 Å². The fourth-order valence-corrected chi connectivity index (χ4v) is 2.54. The fourth-order valence-electron chi connectivity index (χ4n) is 2.36. The number of nitrogens with zero attached hydrogens (tertiary/aromatic N) is 3. The first kappa shape index (κ1) is 21.0. The number of unbranched alkanes of at least 4 members (excludes halogenated alkanes) is 1. The van der Waals surface area contributed by atoms with Crippen molar-refractivity contribution in [2.45, 2.75) is 58.5 Å². The van der Waals surface area contributed by atoms with Crippen LogP contribution in [0.15, 0.2) is 6.07 Å². The summed E-state index contributed by atoms with van der Waals surface area (Å²) in [7, 11) is 0. The Morgan fingerprint density at radius 1 is 1.56 bits per heavy atom. The molecule has 0 aliphatic carbocycles. The summed E-state index contributed by atoms with van der Waals surface area (Å²) in [5, 5.41) is 21.2. The van der Waals surface area contributed by atoms with Crippen molar-refractivity contribution in [2.75, 3.05) is 11.9 Å². The van der Waals surface area contributed by atoms with Crippen LogP contribution in [-0.4, -0.2) is 39.2 Å². The Kier molecular flexibility index (Phi) is 7.43. The zero-order valence-electron chi connectivity index (χ0n) is 14.9. The summed E-state index contributed by atoms with van der Waals surface area (Å²) in [6, 6.07) is 2.46. The molecule has 0 spiro atoms. The molecule has 0 fully saturated rings. The Labute approximate surface area is 152 Å². The Morgan fingerprint density at radius 3 is 2.68 bits per heavy atom. The van der Waals surface area contributed by atoms with Crippen molar-refractivity contribution in [3.63, 3.8) is 0 Å². The fraction of sp³-hybridized carbons (Fsp3) is 0.588. The predicted octanol–water partition coefficient (Wildman–Crippen LogP) is 4.49. The quantitative estimate of drug-likeness (QED) is 0.690. The Balaban J connectivity index is 3.06. The van der Waals surface area contributed by atoms with E-state index < -0.39 is 17.4 Å². The van der Waals surface area contributed by atoms with E-state index in [0.29, 0.717) is 6.42 Å². The molecule has 0 saturated heterocycles. The smallest absolute Gasteiger partial charge is 0.407 e. The number of hydrogen-bond donors (Lipinski definition) is 2. The van der Waals surface area contributed by atoms with E-state index in [2.05, 4.69) is 10.3 Å². The highest BCUT2D eigenvalue weighted by molar-refractivity contribution is 6.30. The third-order valence-electron chi connectivity index (χ3n) is 3.74. The summed E-state index contributed by atoms with van der Waals surface area (Å²) in [6.07, 6.45) is 1.38. The zero-order valence-corrected chi connectivity index (χ0v) is 15.7. The molecule has 0 aliphatic rings. The first-order chi connectivity index (χ1) is 11.6. The second-order valence-electron chi connectivity index (χ2n) is 6.82. The summed E-state index contributed by atoms with van der Waals surface area (Å²) >= 11 is 5.87. The molecule has 0 aliphatic heterocycles. The van der Waals surface area contributed by atoms with Crippen molar-refractivity contribution in [3.05, 3.63) is 22.6 Å². The van der Waals surface area contributed by atoms with Gasteiger partial charge in [-0.05, 0) is 33.3 Å². The lowest BCUT2D eigenvalue weighted by atomic mass is 10.0. The summed E-state index contributed by atoms with van der Waals surface area (Å²) in [4.78, 5) is 16.8. The van der Waals surface area contributed by atoms with Crippen LogP contribution in [0.2, 0.25) is 5.15 Å². The minimum atomic E-state index is -1.04. The SMILES string of the molecule is CCCCC(CN(C(=O)O)C(C)(C)C)Nc1nc(Cl)c(C#N)cc1F. The predicted molar refractivity (Wildman–Crippen MR) is 95.3 cm³/mol. The van der Waals surface area contributed by atoms with Gasteiger partial charge in [0.05, 0.1) is 5.56 Å². The van der Waals surface area contributed by atoms with Gasteiger partial charge >= 0.3 is 6.09 Å². The van der Waals surface area contributed by atoms with Gasteiger partial charge in [0.15, 0.2) is 11.6 Å². The van der Waals surface area contributed by atoms with E-state index in [-0.39, 0.29) is 29.1 Å². The molecule has 0 bridgehead atoms. The van der Waals surface area contributed by atoms with Gasteiger partial charge in [0.2, 0.25) is 0 Å². The Morgan fingerprint density at radius 2 is 2.20 bits per heavy atom. The lowest BCUT2D eigenvalue weighted by molar-refractivity contribution is 0.0966. The third kappa shape index (κ3) is 6.05. The van der Waals surface area contributed by atoms with Crippen molar-refractivity contribution in [1.29, 1.82) is 5.26 Å². The number of hydrogen-bond acceptors (Lipinski definition) is 4. The van der Waals surface area contributed by atoms with Crippen LogP contribution in [-0.2, 0) is 0 Å². The van der Waals surface area contributed by atoms with E-state index in [9.17, 15) is 14.3 Å². The number of amides is 1. The highest BCUT2D eigenvalue weighted by Gasteiger charge is 2.29. The summed E-state index contributed by atoms with van der Waals surface area (Å²) in [6.45, 7) is 7.60. The number of carbonyl (C=O) groups is 1. The number of aromatic nitrogens is 1. The van der Waals surface area contributed by atoms with Gasteiger partial charge in [-0.25, -0.2) is 14.2 Å². The van der Waals surface area contributed by atoms with Crippen LogP contribution in [0.4, 0.5) is 15.0 Å². The maximum Gasteiger partial charge on any atom is 0.407 e. The molecule has 1 rings (SSSR count). The number of anilines is 1. The molecular formula is C17H24ClFN4O2. The molecule has 1 heterocycles. The molecule has 1 aromatic rings. The van der Waals surface area contributed by atoms with Crippen molar-refractivity contribution in [2.24, 2.45) is 0 Å². The van der Waals surface area contributed by atoms with Crippen LogP contribution in [0.1, 0.15) is 52.5 Å². The topological polar surface area (TPSA) is 89.2 Å². The molecule has 1 aromatic heterocycles. The molecule has 1 atom stereocenters. The second-order valence-corrected chi connectivity index (χ2v) is 7.17. The molecule has 0 aromatic carbocycles. The van der Waals surface area contributed by atoms with Crippen LogP contribution in [0.5, 0.6) is 0 Å². The van der Waals surface area contributed by atoms with Crippen molar-refractivity contribution >= 4 is 23.5 Å². The number of nitriles is 1. The van der Waals surface area contributed by atoms with E-state index >= 15 is 0 Å². The molecular weight excluding hydrogens is 347 g/mol. The summed E-state index contributed by atoms with van der Waals surface area (Å²) < 4.78 is 14.2. The van der Waals surface area contributed by atoms with Gasteiger partial charge in [-0.1, -0.05) is 31.4 Å². The van der Waals surface area contributed by atoms with Crippen LogP contribution in [0.25, 0.3) is 0 Å². The Bertz CT molecular complexity index is 655. The van der Waals surface area contributed by atoms with Crippen molar-refractivity contribution in [3.8, 4) is 6.07 Å². The number of carboxylic acid groups (broad SMARTS) is 1. The molecule has 1 amide bonds. The Hall–Kier alpha value is -2.07. The van der Waals surface area contributed by atoms with Gasteiger partial charge in [0.1, 0.15) is 11.2 Å². The van der Waals surface area contributed by atoms with E-state index in [1.807, 2.05) is 6.92 Å². The molecule has 2 N–H and O–H groups in total. The number of nitrogens with one attached hydrogen (secondary N) is 1. The molecule has 1 unspecified atom stereocenters. The highest BCUT2D eigenvalue weighted by Crippen LogP contribution is 2.22. The number of pyridine rings is 1. The number of rotatable bonds is 7. The monoisotopic (exact) mass is 370 g/mol. The van der Waals surface area contributed by atoms with Gasteiger partial charge in [-0.2, -0.15) is 5.26 Å². The summed E-state index contributed by atoms with van der Waals surface area (Å²) in [5.41, 5.74) is -0.636. The standard InChI is InChI=1S/C17H24ClFN4O2/c1-5-6-7-12(10-23(16(24)25)17(2,3)4)21-15-13(19)8-11(9-20)14(18)22-15/h8,12H,5-7,10H2,1-4H3,(H,21,22)(H,24,25). The number of halogens is 2. The van der Waals surface area contributed by atoms with Gasteiger partial charge in [-0.3, -0.25) is 0 Å². The zero-order chi connectivity index (χ0) is 19.2. The minimum absolute atomic E-state index is 0.0447. The maximum atomic E-state index is 14.2. The lowest BCUT2D eigenvalue weighted by Crippen LogP contribution is -2.50. The van der Waals surface area contributed by atoms with Crippen LogP contribution >= 0.6 is 11.6 Å². The van der Waals surface area contributed by atoms with Gasteiger partial charge in [0, 0.05) is 18.1 Å².